The Hall–Kier alpha value is -3.51. The number of nitrogens with zero attached hydrogens (tertiary/aromatic N) is 1. The number of aliphatic hydroxyl groups excluding tert-OH is 1. The van der Waals surface area contributed by atoms with Crippen LogP contribution in [0.2, 0.25) is 5.02 Å². The van der Waals surface area contributed by atoms with Crippen LogP contribution in [-0.2, 0) is 16.0 Å². The fraction of sp³-hybridized carbons (Fsp3) is 0.231. The van der Waals surface area contributed by atoms with Gasteiger partial charge in [-0.25, -0.2) is 0 Å². The summed E-state index contributed by atoms with van der Waals surface area (Å²) in [6.07, 6.45) is 2.84. The van der Waals surface area contributed by atoms with E-state index < -0.39 is 17.7 Å². The van der Waals surface area contributed by atoms with Crippen LogP contribution >= 0.6 is 11.6 Å². The van der Waals surface area contributed by atoms with Gasteiger partial charge in [-0.2, -0.15) is 0 Å². The zero-order valence-electron chi connectivity index (χ0n) is 18.2. The SMILES string of the molecule is CCCOc1cccc(/C(O)=C2/C(=O)C(=O)N(CCc3ccc(Cl)cc3)C2c2ccco2)c1. The normalized spacial score (nSPS) is 17.5. The molecule has 1 unspecified atom stereocenters. The minimum absolute atomic E-state index is 0.00121. The fourth-order valence-corrected chi connectivity index (χ4v) is 3.99. The Morgan fingerprint density at radius 3 is 2.61 bits per heavy atom. The molecule has 1 atom stereocenters. The van der Waals surface area contributed by atoms with Crippen LogP contribution in [0.3, 0.4) is 0 Å². The van der Waals surface area contributed by atoms with Crippen molar-refractivity contribution in [2.24, 2.45) is 0 Å². The molecule has 170 valence electrons. The number of ketones is 1. The van der Waals surface area contributed by atoms with Gasteiger partial charge in [0.05, 0.1) is 18.4 Å². The number of rotatable bonds is 8. The Kier molecular flexibility index (Phi) is 6.84. The smallest absolute Gasteiger partial charge is 0.295 e. The average molecular weight is 466 g/mol. The maximum Gasteiger partial charge on any atom is 0.295 e. The predicted octanol–water partition coefficient (Wildman–Crippen LogP) is 5.39. The van der Waals surface area contributed by atoms with Gasteiger partial charge in [-0.05, 0) is 54.8 Å². The van der Waals surface area contributed by atoms with Gasteiger partial charge in [0, 0.05) is 17.1 Å². The Balaban J connectivity index is 1.70. The minimum atomic E-state index is -0.826. The third kappa shape index (κ3) is 4.81. The van der Waals surface area contributed by atoms with Crippen LogP contribution in [0.5, 0.6) is 5.75 Å². The molecule has 3 aromatic rings. The third-order valence-corrected chi connectivity index (χ3v) is 5.74. The molecule has 33 heavy (non-hydrogen) atoms. The summed E-state index contributed by atoms with van der Waals surface area (Å²) in [6.45, 7) is 2.80. The molecule has 1 amide bonds. The van der Waals surface area contributed by atoms with Gasteiger partial charge in [0.1, 0.15) is 23.3 Å². The van der Waals surface area contributed by atoms with Crippen molar-refractivity contribution >= 4 is 29.1 Å². The number of carbonyl (C=O) groups is 2. The van der Waals surface area contributed by atoms with Crippen molar-refractivity contribution < 1.29 is 23.8 Å². The van der Waals surface area contributed by atoms with Crippen LogP contribution in [0.25, 0.3) is 5.76 Å². The lowest BCUT2D eigenvalue weighted by atomic mass is 9.99. The van der Waals surface area contributed by atoms with Gasteiger partial charge in [0.25, 0.3) is 11.7 Å². The van der Waals surface area contributed by atoms with Crippen molar-refractivity contribution in [1.82, 2.24) is 4.90 Å². The minimum Gasteiger partial charge on any atom is -0.507 e. The van der Waals surface area contributed by atoms with Gasteiger partial charge < -0.3 is 19.2 Å². The van der Waals surface area contributed by atoms with E-state index in [0.717, 1.165) is 12.0 Å². The second-order valence-electron chi connectivity index (χ2n) is 7.76. The molecule has 0 aliphatic carbocycles. The number of Topliss-reactive ketones (excluding diaryl/α,β-unsaturated/α-hetero) is 1. The number of hydrogen-bond acceptors (Lipinski definition) is 5. The molecule has 2 aromatic carbocycles. The molecule has 0 spiro atoms. The van der Waals surface area contributed by atoms with E-state index in [1.54, 1.807) is 48.5 Å². The molecule has 7 heteroatoms. The van der Waals surface area contributed by atoms with Crippen LogP contribution in [0.1, 0.15) is 36.3 Å². The first-order valence-electron chi connectivity index (χ1n) is 10.8. The summed E-state index contributed by atoms with van der Waals surface area (Å²) in [5, 5.41) is 11.8. The Morgan fingerprint density at radius 2 is 1.91 bits per heavy atom. The Morgan fingerprint density at radius 1 is 1.12 bits per heavy atom. The second kappa shape index (κ2) is 9.96. The lowest BCUT2D eigenvalue weighted by Gasteiger charge is -2.23. The van der Waals surface area contributed by atoms with E-state index in [1.807, 2.05) is 19.1 Å². The van der Waals surface area contributed by atoms with Crippen LogP contribution in [-0.4, -0.2) is 34.8 Å². The summed E-state index contributed by atoms with van der Waals surface area (Å²) in [5.74, 6) is -0.696. The molecule has 1 fully saturated rings. The van der Waals surface area contributed by atoms with Gasteiger partial charge in [-0.1, -0.05) is 42.8 Å². The largest absolute Gasteiger partial charge is 0.507 e. The molecule has 2 heterocycles. The predicted molar refractivity (Wildman–Crippen MR) is 125 cm³/mol. The van der Waals surface area contributed by atoms with E-state index in [2.05, 4.69) is 0 Å². The standard InChI is InChI=1S/C26H24ClNO5/c1-2-14-32-20-6-3-5-18(16-20)24(29)22-23(21-7-4-15-33-21)28(26(31)25(22)30)13-12-17-8-10-19(27)11-9-17/h3-11,15-16,23,29H,2,12-14H2,1H3/b24-22-. The lowest BCUT2D eigenvalue weighted by Crippen LogP contribution is -2.31. The number of benzene rings is 2. The summed E-state index contributed by atoms with van der Waals surface area (Å²) >= 11 is 5.96. The summed E-state index contributed by atoms with van der Waals surface area (Å²) in [4.78, 5) is 27.5. The first-order valence-corrected chi connectivity index (χ1v) is 11.2. The number of carbonyl (C=O) groups excluding carboxylic acids is 2. The van der Waals surface area contributed by atoms with Crippen LogP contribution in [0.4, 0.5) is 0 Å². The highest BCUT2D eigenvalue weighted by atomic mass is 35.5. The van der Waals surface area contributed by atoms with Crippen molar-refractivity contribution in [3.05, 3.63) is 94.4 Å². The Bertz CT molecular complexity index is 1170. The van der Waals surface area contributed by atoms with Crippen LogP contribution in [0.15, 0.2) is 76.9 Å². The number of ether oxygens (including phenoxy) is 1. The second-order valence-corrected chi connectivity index (χ2v) is 8.20. The van der Waals surface area contributed by atoms with E-state index in [9.17, 15) is 14.7 Å². The molecule has 1 aromatic heterocycles. The summed E-state index contributed by atoms with van der Waals surface area (Å²) in [7, 11) is 0. The molecule has 1 aliphatic heterocycles. The molecule has 4 rings (SSSR count). The topological polar surface area (TPSA) is 80.0 Å². The highest BCUT2D eigenvalue weighted by molar-refractivity contribution is 6.46. The Labute approximate surface area is 197 Å². The number of likely N-dealkylation sites (tertiary alicyclic amines) is 1. The molecule has 0 saturated carbocycles. The number of aliphatic hydroxyl groups is 1. The zero-order valence-corrected chi connectivity index (χ0v) is 18.9. The highest BCUT2D eigenvalue weighted by Gasteiger charge is 2.47. The first kappa shape index (κ1) is 22.7. The molecule has 0 bridgehead atoms. The molecular weight excluding hydrogens is 442 g/mol. The maximum atomic E-state index is 13.0. The van der Waals surface area contributed by atoms with Crippen molar-refractivity contribution in [2.45, 2.75) is 25.8 Å². The number of amides is 1. The number of hydrogen-bond donors (Lipinski definition) is 1. The summed E-state index contributed by atoms with van der Waals surface area (Å²) < 4.78 is 11.2. The first-order chi connectivity index (χ1) is 16.0. The third-order valence-electron chi connectivity index (χ3n) is 5.49. The van der Waals surface area contributed by atoms with Crippen LogP contribution in [0, 0.1) is 0 Å². The van der Waals surface area contributed by atoms with Gasteiger partial charge in [0.15, 0.2) is 0 Å². The van der Waals surface area contributed by atoms with Gasteiger partial charge >= 0.3 is 0 Å². The summed E-state index contributed by atoms with van der Waals surface area (Å²) in [6, 6.07) is 16.7. The number of halogens is 1. The van der Waals surface area contributed by atoms with E-state index >= 15 is 0 Å². The van der Waals surface area contributed by atoms with E-state index in [4.69, 9.17) is 20.8 Å². The van der Waals surface area contributed by atoms with E-state index in [1.165, 1.54) is 11.2 Å². The molecule has 1 saturated heterocycles. The quantitative estimate of drug-likeness (QED) is 0.274. The zero-order chi connectivity index (χ0) is 23.4. The summed E-state index contributed by atoms with van der Waals surface area (Å²) in [5.41, 5.74) is 1.37. The van der Waals surface area contributed by atoms with Crippen LogP contribution < -0.4 is 4.74 Å². The van der Waals surface area contributed by atoms with Gasteiger partial charge in [-0.3, -0.25) is 9.59 Å². The monoisotopic (exact) mass is 465 g/mol. The molecular formula is C26H24ClNO5. The fourth-order valence-electron chi connectivity index (χ4n) is 3.86. The van der Waals surface area contributed by atoms with Crippen molar-refractivity contribution in [2.75, 3.05) is 13.2 Å². The molecule has 6 nitrogen and oxygen atoms in total. The molecule has 1 aliphatic rings. The molecule has 0 radical (unpaired) electrons. The highest BCUT2D eigenvalue weighted by Crippen LogP contribution is 2.40. The molecule has 1 N–H and O–H groups in total. The van der Waals surface area contributed by atoms with E-state index in [-0.39, 0.29) is 17.9 Å². The van der Waals surface area contributed by atoms with Crippen molar-refractivity contribution in [1.29, 1.82) is 0 Å². The number of furan rings is 1. The van der Waals surface area contributed by atoms with Gasteiger partial charge in [-0.15, -0.1) is 0 Å². The van der Waals surface area contributed by atoms with Gasteiger partial charge in [0.2, 0.25) is 0 Å². The van der Waals surface area contributed by atoms with Crippen molar-refractivity contribution in [3.63, 3.8) is 0 Å². The van der Waals surface area contributed by atoms with Crippen molar-refractivity contribution in [3.8, 4) is 5.75 Å². The maximum absolute atomic E-state index is 13.0. The van der Waals surface area contributed by atoms with E-state index in [0.29, 0.717) is 35.1 Å². The lowest BCUT2D eigenvalue weighted by molar-refractivity contribution is -0.140. The average Bonchev–Trinajstić information content (AvgIpc) is 3.44.